The van der Waals surface area contributed by atoms with Crippen LogP contribution in [-0.2, 0) is 9.47 Å². The number of fused-ring (bicyclic) bond motifs is 1. The third kappa shape index (κ3) is 4.58. The van der Waals surface area contributed by atoms with E-state index in [2.05, 4.69) is 13.8 Å². The molecule has 4 rings (SSSR count). The lowest BCUT2D eigenvalue weighted by Gasteiger charge is -2.17. The Hall–Kier alpha value is -2.62. The molecule has 0 aliphatic heterocycles. The Morgan fingerprint density at radius 2 is 1.13 bits per heavy atom. The molecule has 0 saturated heterocycles. The molecule has 0 radical (unpaired) electrons. The fourth-order valence-electron chi connectivity index (χ4n) is 4.83. The molecular formula is C26H30O4. The van der Waals surface area contributed by atoms with Crippen molar-refractivity contribution in [3.05, 3.63) is 70.8 Å². The van der Waals surface area contributed by atoms with E-state index in [1.165, 1.54) is 5.56 Å². The molecule has 4 nitrogen and oxygen atoms in total. The maximum atomic E-state index is 12.5. The van der Waals surface area contributed by atoms with Crippen LogP contribution in [0.15, 0.2) is 48.5 Å². The van der Waals surface area contributed by atoms with Crippen LogP contribution in [0.1, 0.15) is 77.3 Å². The zero-order valence-electron chi connectivity index (χ0n) is 18.0. The number of carbonyl (C=O) groups is 2. The molecule has 158 valence electrons. The predicted molar refractivity (Wildman–Crippen MR) is 116 cm³/mol. The van der Waals surface area contributed by atoms with Crippen molar-refractivity contribution in [1.29, 1.82) is 0 Å². The molecule has 2 aromatic carbocycles. The summed E-state index contributed by atoms with van der Waals surface area (Å²) >= 11 is 0. The summed E-state index contributed by atoms with van der Waals surface area (Å²) in [5.74, 6) is 0.881. The van der Waals surface area contributed by atoms with Gasteiger partial charge in [-0.15, -0.1) is 0 Å². The van der Waals surface area contributed by atoms with E-state index in [9.17, 15) is 9.59 Å². The van der Waals surface area contributed by atoms with Crippen LogP contribution >= 0.6 is 0 Å². The van der Waals surface area contributed by atoms with Crippen molar-refractivity contribution < 1.29 is 19.1 Å². The maximum Gasteiger partial charge on any atom is 0.338 e. The fraction of sp³-hybridized carbons (Fsp3) is 0.462. The first kappa shape index (κ1) is 20.6. The van der Waals surface area contributed by atoms with Crippen LogP contribution in [-0.4, -0.2) is 24.1 Å². The summed E-state index contributed by atoms with van der Waals surface area (Å²) in [5, 5.41) is 0. The Bertz CT molecular complexity index is 884. The SMILES string of the molecule is Cc1ccc(C(=O)OC2CC3CC(OC(=O)c4ccc(C(C)C)cc4)CC3C2)cc1. The minimum atomic E-state index is -0.243. The minimum Gasteiger partial charge on any atom is -0.459 e. The van der Waals surface area contributed by atoms with Crippen LogP contribution in [0.2, 0.25) is 0 Å². The van der Waals surface area contributed by atoms with E-state index in [0.717, 1.165) is 31.2 Å². The van der Waals surface area contributed by atoms with Gasteiger partial charge in [-0.3, -0.25) is 0 Å². The van der Waals surface area contributed by atoms with E-state index >= 15 is 0 Å². The molecule has 0 spiro atoms. The van der Waals surface area contributed by atoms with Crippen molar-refractivity contribution >= 4 is 11.9 Å². The predicted octanol–water partition coefficient (Wildman–Crippen LogP) is 5.69. The van der Waals surface area contributed by atoms with E-state index < -0.39 is 0 Å². The van der Waals surface area contributed by atoms with Crippen molar-refractivity contribution in [2.24, 2.45) is 11.8 Å². The summed E-state index contributed by atoms with van der Waals surface area (Å²) < 4.78 is 11.5. The average molecular weight is 407 g/mol. The molecule has 0 bridgehead atoms. The molecule has 2 atom stereocenters. The highest BCUT2D eigenvalue weighted by molar-refractivity contribution is 5.90. The Morgan fingerprint density at radius 3 is 1.53 bits per heavy atom. The first-order valence-corrected chi connectivity index (χ1v) is 11.0. The highest BCUT2D eigenvalue weighted by Crippen LogP contribution is 2.46. The highest BCUT2D eigenvalue weighted by atomic mass is 16.5. The van der Waals surface area contributed by atoms with Crippen LogP contribution in [0.3, 0.4) is 0 Å². The Balaban J connectivity index is 1.26. The molecule has 2 aromatic rings. The second-order valence-corrected chi connectivity index (χ2v) is 9.16. The first-order valence-electron chi connectivity index (χ1n) is 11.0. The fourth-order valence-corrected chi connectivity index (χ4v) is 4.83. The quantitative estimate of drug-likeness (QED) is 0.599. The van der Waals surface area contributed by atoms with Gasteiger partial charge in [-0.25, -0.2) is 9.59 Å². The number of aryl methyl sites for hydroxylation is 1. The second kappa shape index (κ2) is 8.63. The number of hydrogen-bond acceptors (Lipinski definition) is 4. The van der Waals surface area contributed by atoms with Gasteiger partial charge in [-0.05, 0) is 80.2 Å². The smallest absolute Gasteiger partial charge is 0.338 e. The van der Waals surface area contributed by atoms with E-state index in [4.69, 9.17) is 9.47 Å². The molecule has 0 amide bonds. The first-order chi connectivity index (χ1) is 14.4. The highest BCUT2D eigenvalue weighted by Gasteiger charge is 2.44. The second-order valence-electron chi connectivity index (χ2n) is 9.16. The molecule has 2 unspecified atom stereocenters. The van der Waals surface area contributed by atoms with Gasteiger partial charge in [0.25, 0.3) is 0 Å². The molecule has 0 aromatic heterocycles. The van der Waals surface area contributed by atoms with Crippen molar-refractivity contribution in [3.8, 4) is 0 Å². The van der Waals surface area contributed by atoms with Gasteiger partial charge >= 0.3 is 11.9 Å². The van der Waals surface area contributed by atoms with Crippen LogP contribution in [0.25, 0.3) is 0 Å². The number of hydrogen-bond donors (Lipinski definition) is 0. The van der Waals surface area contributed by atoms with E-state index in [1.54, 1.807) is 0 Å². The summed E-state index contributed by atoms with van der Waals surface area (Å²) in [6, 6.07) is 15.2. The summed E-state index contributed by atoms with van der Waals surface area (Å²) in [4.78, 5) is 24.9. The number of rotatable bonds is 5. The summed E-state index contributed by atoms with van der Waals surface area (Å²) in [6.07, 6.45) is 3.37. The zero-order valence-corrected chi connectivity index (χ0v) is 18.0. The number of benzene rings is 2. The molecule has 4 heteroatoms. The van der Waals surface area contributed by atoms with Crippen LogP contribution in [0, 0.1) is 18.8 Å². The Morgan fingerprint density at radius 1 is 0.733 bits per heavy atom. The lowest BCUT2D eigenvalue weighted by atomic mass is 10.0. The molecule has 2 fully saturated rings. The van der Waals surface area contributed by atoms with Crippen LogP contribution < -0.4 is 0 Å². The summed E-state index contributed by atoms with van der Waals surface area (Å²) in [5.41, 5.74) is 3.56. The van der Waals surface area contributed by atoms with Crippen molar-refractivity contribution in [1.82, 2.24) is 0 Å². The van der Waals surface area contributed by atoms with E-state index in [0.29, 0.717) is 28.9 Å². The van der Waals surface area contributed by atoms with Crippen molar-refractivity contribution in [2.45, 2.75) is 64.6 Å². The van der Waals surface area contributed by atoms with Gasteiger partial charge in [-0.1, -0.05) is 43.7 Å². The van der Waals surface area contributed by atoms with Gasteiger partial charge in [0.1, 0.15) is 12.2 Å². The monoisotopic (exact) mass is 406 g/mol. The van der Waals surface area contributed by atoms with Crippen LogP contribution in [0.4, 0.5) is 0 Å². The molecule has 2 aliphatic carbocycles. The van der Waals surface area contributed by atoms with Gasteiger partial charge in [0.15, 0.2) is 0 Å². The molecule has 2 aliphatic rings. The van der Waals surface area contributed by atoms with Gasteiger partial charge in [-0.2, -0.15) is 0 Å². The van der Waals surface area contributed by atoms with Crippen molar-refractivity contribution in [2.75, 3.05) is 0 Å². The third-order valence-corrected chi connectivity index (χ3v) is 6.58. The van der Waals surface area contributed by atoms with Gasteiger partial charge in [0.2, 0.25) is 0 Å². The normalized spacial score (nSPS) is 25.2. The summed E-state index contributed by atoms with van der Waals surface area (Å²) in [6.45, 7) is 6.27. The number of carbonyl (C=O) groups excluding carboxylic acids is 2. The van der Waals surface area contributed by atoms with Gasteiger partial charge in [0, 0.05) is 0 Å². The van der Waals surface area contributed by atoms with E-state index in [1.807, 2.05) is 55.5 Å². The topological polar surface area (TPSA) is 52.6 Å². The molecular weight excluding hydrogens is 376 g/mol. The molecule has 30 heavy (non-hydrogen) atoms. The largest absolute Gasteiger partial charge is 0.459 e. The Labute approximate surface area is 178 Å². The summed E-state index contributed by atoms with van der Waals surface area (Å²) in [7, 11) is 0. The molecule has 0 N–H and O–H groups in total. The maximum absolute atomic E-state index is 12.5. The van der Waals surface area contributed by atoms with Crippen LogP contribution in [0.5, 0.6) is 0 Å². The number of ether oxygens (including phenoxy) is 2. The number of esters is 2. The van der Waals surface area contributed by atoms with E-state index in [-0.39, 0.29) is 24.1 Å². The van der Waals surface area contributed by atoms with Gasteiger partial charge < -0.3 is 9.47 Å². The Kier molecular flexibility index (Phi) is 5.94. The third-order valence-electron chi connectivity index (χ3n) is 6.58. The minimum absolute atomic E-state index is 0.0333. The molecule has 0 heterocycles. The van der Waals surface area contributed by atoms with Crippen molar-refractivity contribution in [3.63, 3.8) is 0 Å². The lowest BCUT2D eigenvalue weighted by molar-refractivity contribution is 0.0226. The standard InChI is InChI=1S/C26H30O4/c1-16(2)18-8-10-20(11-9-18)26(28)30-24-14-21-12-23(13-22(21)15-24)29-25(27)19-6-4-17(3)5-7-19/h4-11,16,21-24H,12-15H2,1-3H3. The average Bonchev–Trinajstić information content (AvgIpc) is 3.26. The van der Waals surface area contributed by atoms with Gasteiger partial charge in [0.05, 0.1) is 11.1 Å². The zero-order chi connectivity index (χ0) is 21.3. The lowest BCUT2D eigenvalue weighted by Crippen LogP contribution is -2.19. The molecule has 2 saturated carbocycles.